The number of carbonyl (C=O) groups is 2. The smallest absolute Gasteiger partial charge is 0.291 e. The van der Waals surface area contributed by atoms with Crippen molar-refractivity contribution >= 4 is 23.3 Å². The zero-order valence-electron chi connectivity index (χ0n) is 16.7. The molecule has 1 fully saturated rings. The first-order valence-electron chi connectivity index (χ1n) is 9.89. The van der Waals surface area contributed by atoms with Crippen LogP contribution in [0, 0.1) is 6.92 Å². The average molecular weight is 405 g/mol. The number of amides is 2. The molecule has 0 unspecified atom stereocenters. The lowest BCUT2D eigenvalue weighted by Gasteiger charge is -2.22. The normalized spacial score (nSPS) is 14.3. The Bertz CT molecular complexity index is 1000. The third-order valence-corrected chi connectivity index (χ3v) is 5.03. The van der Waals surface area contributed by atoms with Crippen molar-refractivity contribution in [2.24, 2.45) is 0 Å². The molecule has 1 N–H and O–H groups in total. The maximum atomic E-state index is 12.9. The number of benzene rings is 1. The van der Waals surface area contributed by atoms with Gasteiger partial charge in [0.25, 0.3) is 11.8 Å². The van der Waals surface area contributed by atoms with E-state index >= 15 is 0 Å². The third-order valence-electron chi connectivity index (χ3n) is 5.03. The van der Waals surface area contributed by atoms with Gasteiger partial charge in [0.1, 0.15) is 0 Å². The standard InChI is InChI=1S/C22H23N5O3/c1-16-5-10-20(25-24-16)26-11-3-12-27(14-13-26)22(29)17-6-8-18(9-7-17)23-21(28)19-4-2-15-30-19/h2,4-10,15H,3,11-14H2,1H3,(H,23,28). The second-order valence-corrected chi connectivity index (χ2v) is 7.17. The molecule has 0 atom stereocenters. The van der Waals surface area contributed by atoms with Gasteiger partial charge < -0.3 is 19.5 Å². The van der Waals surface area contributed by atoms with Crippen LogP contribution in [0.1, 0.15) is 33.0 Å². The minimum absolute atomic E-state index is 0.0178. The van der Waals surface area contributed by atoms with E-state index in [1.54, 1.807) is 36.4 Å². The highest BCUT2D eigenvalue weighted by Crippen LogP contribution is 2.17. The summed E-state index contributed by atoms with van der Waals surface area (Å²) in [6.07, 6.45) is 2.31. The fourth-order valence-corrected chi connectivity index (χ4v) is 3.39. The van der Waals surface area contributed by atoms with Crippen LogP contribution in [0.2, 0.25) is 0 Å². The number of aryl methyl sites for hydroxylation is 1. The van der Waals surface area contributed by atoms with Crippen molar-refractivity contribution in [1.82, 2.24) is 15.1 Å². The topological polar surface area (TPSA) is 91.6 Å². The Morgan fingerprint density at radius 3 is 2.50 bits per heavy atom. The van der Waals surface area contributed by atoms with Gasteiger partial charge in [0.2, 0.25) is 0 Å². The van der Waals surface area contributed by atoms with Gasteiger partial charge >= 0.3 is 0 Å². The third kappa shape index (κ3) is 4.48. The maximum Gasteiger partial charge on any atom is 0.291 e. The van der Waals surface area contributed by atoms with Gasteiger partial charge in [-0.3, -0.25) is 9.59 Å². The molecule has 1 saturated heterocycles. The van der Waals surface area contributed by atoms with E-state index in [9.17, 15) is 9.59 Å². The zero-order chi connectivity index (χ0) is 20.9. The van der Waals surface area contributed by atoms with Crippen molar-refractivity contribution in [2.45, 2.75) is 13.3 Å². The number of hydrogen-bond acceptors (Lipinski definition) is 6. The first kappa shape index (κ1) is 19.6. The molecule has 1 aromatic carbocycles. The molecule has 0 saturated carbocycles. The molecule has 8 nitrogen and oxygen atoms in total. The SMILES string of the molecule is Cc1ccc(N2CCCN(C(=O)c3ccc(NC(=O)c4ccco4)cc3)CC2)nn1. The number of aromatic nitrogens is 2. The van der Waals surface area contributed by atoms with Gasteiger partial charge in [0, 0.05) is 37.4 Å². The second-order valence-electron chi connectivity index (χ2n) is 7.17. The molecule has 1 aliphatic heterocycles. The molecule has 0 spiro atoms. The summed E-state index contributed by atoms with van der Waals surface area (Å²) in [5.41, 5.74) is 2.08. The summed E-state index contributed by atoms with van der Waals surface area (Å²) >= 11 is 0. The summed E-state index contributed by atoms with van der Waals surface area (Å²) in [6, 6.07) is 14.1. The lowest BCUT2D eigenvalue weighted by atomic mass is 10.1. The Hall–Kier alpha value is -3.68. The number of rotatable bonds is 4. The van der Waals surface area contributed by atoms with Crippen LogP contribution in [0.15, 0.2) is 59.2 Å². The minimum atomic E-state index is -0.328. The van der Waals surface area contributed by atoms with Crippen LogP contribution in [0.25, 0.3) is 0 Å². The van der Waals surface area contributed by atoms with Crippen molar-refractivity contribution in [2.75, 3.05) is 36.4 Å². The van der Waals surface area contributed by atoms with E-state index < -0.39 is 0 Å². The molecule has 30 heavy (non-hydrogen) atoms. The number of nitrogens with one attached hydrogen (secondary N) is 1. The van der Waals surface area contributed by atoms with Crippen LogP contribution >= 0.6 is 0 Å². The van der Waals surface area contributed by atoms with E-state index in [1.165, 1.54) is 6.26 Å². The van der Waals surface area contributed by atoms with Gasteiger partial charge in [-0.1, -0.05) is 0 Å². The summed E-state index contributed by atoms with van der Waals surface area (Å²) in [7, 11) is 0. The molecular formula is C22H23N5O3. The summed E-state index contributed by atoms with van der Waals surface area (Å²) in [6.45, 7) is 4.75. The van der Waals surface area contributed by atoms with Crippen LogP contribution in [0.3, 0.4) is 0 Å². The first-order chi connectivity index (χ1) is 14.6. The Labute approximate surface area is 174 Å². The highest BCUT2D eigenvalue weighted by Gasteiger charge is 2.21. The molecule has 3 aromatic rings. The van der Waals surface area contributed by atoms with Crippen molar-refractivity contribution in [3.05, 3.63) is 71.8 Å². The predicted octanol–water partition coefficient (Wildman–Crippen LogP) is 2.98. The van der Waals surface area contributed by atoms with Crippen molar-refractivity contribution in [3.63, 3.8) is 0 Å². The van der Waals surface area contributed by atoms with E-state index in [1.807, 2.05) is 24.0 Å². The highest BCUT2D eigenvalue weighted by atomic mass is 16.3. The highest BCUT2D eigenvalue weighted by molar-refractivity contribution is 6.02. The Balaban J connectivity index is 1.37. The number of furan rings is 1. The lowest BCUT2D eigenvalue weighted by molar-refractivity contribution is 0.0767. The summed E-state index contributed by atoms with van der Waals surface area (Å²) in [4.78, 5) is 29.0. The summed E-state index contributed by atoms with van der Waals surface area (Å²) in [5.74, 6) is 0.732. The van der Waals surface area contributed by atoms with Crippen LogP contribution in [-0.2, 0) is 0 Å². The lowest BCUT2D eigenvalue weighted by Crippen LogP contribution is -2.35. The van der Waals surface area contributed by atoms with Gasteiger partial charge in [0.05, 0.1) is 12.0 Å². The molecule has 0 bridgehead atoms. The molecular weight excluding hydrogens is 382 g/mol. The van der Waals surface area contributed by atoms with Gasteiger partial charge in [-0.05, 0) is 61.9 Å². The van der Waals surface area contributed by atoms with Crippen LogP contribution in [0.4, 0.5) is 11.5 Å². The number of nitrogens with zero attached hydrogens (tertiary/aromatic N) is 4. The monoisotopic (exact) mass is 405 g/mol. The number of anilines is 2. The summed E-state index contributed by atoms with van der Waals surface area (Å²) in [5, 5.41) is 11.1. The second kappa shape index (κ2) is 8.77. The largest absolute Gasteiger partial charge is 0.459 e. The van der Waals surface area contributed by atoms with Crippen molar-refractivity contribution in [1.29, 1.82) is 0 Å². The van der Waals surface area contributed by atoms with E-state index in [0.717, 1.165) is 24.5 Å². The molecule has 3 heterocycles. The number of carbonyl (C=O) groups excluding carboxylic acids is 2. The van der Waals surface area contributed by atoms with E-state index in [0.29, 0.717) is 30.9 Å². The molecule has 0 radical (unpaired) electrons. The maximum absolute atomic E-state index is 12.9. The molecule has 0 aliphatic carbocycles. The zero-order valence-corrected chi connectivity index (χ0v) is 16.7. The molecule has 2 amide bonds. The van der Waals surface area contributed by atoms with Crippen LogP contribution in [-0.4, -0.2) is 53.1 Å². The Kier molecular flexibility index (Phi) is 5.74. The van der Waals surface area contributed by atoms with E-state index in [2.05, 4.69) is 20.4 Å². The Morgan fingerprint density at radius 1 is 0.967 bits per heavy atom. The fourth-order valence-electron chi connectivity index (χ4n) is 3.39. The Morgan fingerprint density at radius 2 is 1.80 bits per heavy atom. The van der Waals surface area contributed by atoms with Crippen LogP contribution < -0.4 is 10.2 Å². The fraction of sp³-hybridized carbons (Fsp3) is 0.273. The van der Waals surface area contributed by atoms with E-state index in [4.69, 9.17) is 4.42 Å². The molecule has 8 heteroatoms. The van der Waals surface area contributed by atoms with Crippen molar-refractivity contribution < 1.29 is 14.0 Å². The predicted molar refractivity (Wildman–Crippen MR) is 113 cm³/mol. The van der Waals surface area contributed by atoms with Gasteiger partial charge in [-0.25, -0.2) is 0 Å². The van der Waals surface area contributed by atoms with Gasteiger partial charge in [-0.2, -0.15) is 5.10 Å². The van der Waals surface area contributed by atoms with Gasteiger partial charge in [0.15, 0.2) is 11.6 Å². The minimum Gasteiger partial charge on any atom is -0.459 e. The molecule has 154 valence electrons. The van der Waals surface area contributed by atoms with Crippen LogP contribution in [0.5, 0.6) is 0 Å². The van der Waals surface area contributed by atoms with E-state index in [-0.39, 0.29) is 17.6 Å². The van der Waals surface area contributed by atoms with Crippen molar-refractivity contribution in [3.8, 4) is 0 Å². The quantitative estimate of drug-likeness (QED) is 0.718. The molecule has 4 rings (SSSR count). The molecule has 1 aliphatic rings. The number of hydrogen-bond donors (Lipinski definition) is 1. The summed E-state index contributed by atoms with van der Waals surface area (Å²) < 4.78 is 5.08. The first-order valence-corrected chi connectivity index (χ1v) is 9.89. The molecule has 2 aromatic heterocycles. The van der Waals surface area contributed by atoms with Gasteiger partial charge in [-0.15, -0.1) is 5.10 Å². The average Bonchev–Trinajstić information content (AvgIpc) is 3.20.